The Morgan fingerprint density at radius 1 is 1.56 bits per heavy atom. The van der Waals surface area contributed by atoms with Crippen molar-refractivity contribution < 1.29 is 14.6 Å². The number of aromatic nitrogens is 2. The minimum Gasteiger partial charge on any atom is -0.481 e. The second kappa shape index (κ2) is 4.95. The lowest BCUT2D eigenvalue weighted by Gasteiger charge is -2.13. The van der Waals surface area contributed by atoms with Crippen LogP contribution in [0.1, 0.15) is 6.92 Å². The van der Waals surface area contributed by atoms with Gasteiger partial charge in [-0.05, 0) is 19.1 Å². The molecule has 2 aromatic rings. The molecule has 6 heteroatoms. The van der Waals surface area contributed by atoms with Crippen molar-refractivity contribution in [1.82, 2.24) is 14.9 Å². The van der Waals surface area contributed by atoms with E-state index in [1.165, 1.54) is 0 Å². The van der Waals surface area contributed by atoms with Crippen LogP contribution in [0.2, 0.25) is 0 Å². The fourth-order valence-corrected chi connectivity index (χ4v) is 1.88. The summed E-state index contributed by atoms with van der Waals surface area (Å²) in [6, 6.07) is 5.41. The monoisotopic (exact) mass is 249 g/mol. The Labute approximate surface area is 104 Å². The van der Waals surface area contributed by atoms with Crippen LogP contribution in [0.5, 0.6) is 5.88 Å². The number of pyridine rings is 1. The number of carboxylic acid groups (broad SMARTS) is 1. The Morgan fingerprint density at radius 2 is 2.33 bits per heavy atom. The number of hydrogen-bond donors (Lipinski definition) is 2. The summed E-state index contributed by atoms with van der Waals surface area (Å²) in [6.45, 7) is 2.38. The van der Waals surface area contributed by atoms with Crippen LogP contribution in [0.3, 0.4) is 0 Å². The molecule has 2 heterocycles. The number of hydrogen-bond acceptors (Lipinski definition) is 3. The van der Waals surface area contributed by atoms with Gasteiger partial charge in [0, 0.05) is 24.8 Å². The first kappa shape index (κ1) is 12.2. The van der Waals surface area contributed by atoms with Gasteiger partial charge in [-0.15, -0.1) is 0 Å². The lowest BCUT2D eigenvalue weighted by atomic mass is 10.3. The molecule has 18 heavy (non-hydrogen) atoms. The maximum absolute atomic E-state index is 10.5. The van der Waals surface area contributed by atoms with Crippen LogP contribution < -0.4 is 10.1 Å². The second-order valence-corrected chi connectivity index (χ2v) is 4.08. The van der Waals surface area contributed by atoms with Crippen LogP contribution >= 0.6 is 0 Å². The number of fused-ring (bicyclic) bond motifs is 1. The smallest absolute Gasteiger partial charge is 0.404 e. The Balaban J connectivity index is 2.21. The van der Waals surface area contributed by atoms with E-state index in [1.54, 1.807) is 13.2 Å². The molecule has 0 radical (unpaired) electrons. The molecule has 0 bridgehead atoms. The first-order valence-electron chi connectivity index (χ1n) is 5.59. The molecular weight excluding hydrogens is 234 g/mol. The summed E-state index contributed by atoms with van der Waals surface area (Å²) < 4.78 is 7.02. The molecule has 0 aromatic carbocycles. The third-order valence-corrected chi connectivity index (χ3v) is 2.65. The summed E-state index contributed by atoms with van der Waals surface area (Å²) in [4.78, 5) is 14.8. The molecule has 1 amide bonds. The lowest BCUT2D eigenvalue weighted by Crippen LogP contribution is -2.34. The molecule has 1 atom stereocenters. The highest BCUT2D eigenvalue weighted by Gasteiger charge is 2.09. The number of nitrogens with one attached hydrogen (secondary N) is 1. The van der Waals surface area contributed by atoms with E-state index < -0.39 is 6.09 Å². The van der Waals surface area contributed by atoms with Crippen molar-refractivity contribution in [2.75, 3.05) is 7.11 Å². The summed E-state index contributed by atoms with van der Waals surface area (Å²) in [5, 5.41) is 11.1. The Bertz CT molecular complexity index is 565. The zero-order valence-electron chi connectivity index (χ0n) is 10.3. The summed E-state index contributed by atoms with van der Waals surface area (Å²) in [5.41, 5.74) is 1.78. The zero-order valence-corrected chi connectivity index (χ0v) is 10.3. The molecular formula is C12H15N3O3. The lowest BCUT2D eigenvalue weighted by molar-refractivity contribution is 0.189. The topological polar surface area (TPSA) is 76.4 Å². The number of nitrogens with zero attached hydrogens (tertiary/aromatic N) is 2. The number of rotatable bonds is 4. The van der Waals surface area contributed by atoms with Crippen LogP contribution in [0.15, 0.2) is 24.4 Å². The second-order valence-electron chi connectivity index (χ2n) is 4.08. The average molecular weight is 249 g/mol. The van der Waals surface area contributed by atoms with E-state index in [0.717, 1.165) is 11.0 Å². The summed E-state index contributed by atoms with van der Waals surface area (Å²) in [6.07, 6.45) is 0.871. The molecule has 2 rings (SSSR count). The third-order valence-electron chi connectivity index (χ3n) is 2.65. The van der Waals surface area contributed by atoms with E-state index in [-0.39, 0.29) is 6.04 Å². The molecule has 0 aliphatic heterocycles. The van der Waals surface area contributed by atoms with Gasteiger partial charge in [-0.3, -0.25) is 0 Å². The molecule has 0 fully saturated rings. The highest BCUT2D eigenvalue weighted by atomic mass is 16.5. The van der Waals surface area contributed by atoms with E-state index >= 15 is 0 Å². The Hall–Kier alpha value is -2.24. The van der Waals surface area contributed by atoms with Gasteiger partial charge in [0.15, 0.2) is 0 Å². The first-order valence-corrected chi connectivity index (χ1v) is 5.59. The normalized spacial score (nSPS) is 12.3. The minimum atomic E-state index is -1.02. The van der Waals surface area contributed by atoms with Crippen molar-refractivity contribution in [3.8, 4) is 5.88 Å². The number of carbonyl (C=O) groups is 1. The Morgan fingerprint density at radius 3 is 3.00 bits per heavy atom. The maximum atomic E-state index is 10.5. The van der Waals surface area contributed by atoms with Crippen molar-refractivity contribution in [1.29, 1.82) is 0 Å². The van der Waals surface area contributed by atoms with Gasteiger partial charge in [-0.1, -0.05) is 0 Å². The van der Waals surface area contributed by atoms with Crippen molar-refractivity contribution in [3.63, 3.8) is 0 Å². The fraction of sp³-hybridized carbons (Fsp3) is 0.333. The molecule has 0 aliphatic rings. The van der Waals surface area contributed by atoms with Gasteiger partial charge < -0.3 is 19.7 Å². The van der Waals surface area contributed by atoms with Gasteiger partial charge in [0.05, 0.1) is 18.1 Å². The van der Waals surface area contributed by atoms with Crippen LogP contribution in [-0.4, -0.2) is 33.9 Å². The third kappa shape index (κ3) is 2.53. The van der Waals surface area contributed by atoms with Gasteiger partial charge in [-0.25, -0.2) is 9.78 Å². The van der Waals surface area contributed by atoms with Crippen LogP contribution in [0.4, 0.5) is 4.79 Å². The molecule has 0 saturated heterocycles. The number of ether oxygens (including phenoxy) is 1. The van der Waals surface area contributed by atoms with Crippen LogP contribution in [-0.2, 0) is 6.54 Å². The summed E-state index contributed by atoms with van der Waals surface area (Å²) in [7, 11) is 1.57. The first-order chi connectivity index (χ1) is 8.60. The zero-order chi connectivity index (χ0) is 13.1. The van der Waals surface area contributed by atoms with Crippen molar-refractivity contribution in [2.24, 2.45) is 0 Å². The van der Waals surface area contributed by atoms with Crippen LogP contribution in [0.25, 0.3) is 11.0 Å². The summed E-state index contributed by atoms with van der Waals surface area (Å²) >= 11 is 0. The molecule has 0 aliphatic carbocycles. The van der Waals surface area contributed by atoms with Gasteiger partial charge in [-0.2, -0.15) is 0 Å². The Kier molecular flexibility index (Phi) is 3.36. The van der Waals surface area contributed by atoms with Gasteiger partial charge in [0.1, 0.15) is 0 Å². The molecule has 6 nitrogen and oxygen atoms in total. The average Bonchev–Trinajstić information content (AvgIpc) is 2.70. The standard InChI is InChI=1S/C12H15N3O3/c1-8(13-12(16)17)7-15-6-5-9-10(15)3-4-11(14-9)18-2/h3-6,8,13H,7H2,1-2H3,(H,16,17)/t8-/m1/s1. The molecule has 96 valence electrons. The van der Waals surface area contributed by atoms with E-state index in [9.17, 15) is 4.79 Å². The molecule has 2 N–H and O–H groups in total. The highest BCUT2D eigenvalue weighted by Crippen LogP contribution is 2.17. The minimum absolute atomic E-state index is 0.166. The highest BCUT2D eigenvalue weighted by molar-refractivity contribution is 5.76. The maximum Gasteiger partial charge on any atom is 0.404 e. The summed E-state index contributed by atoms with van der Waals surface area (Å²) in [5.74, 6) is 0.567. The predicted octanol–water partition coefficient (Wildman–Crippen LogP) is 1.70. The quantitative estimate of drug-likeness (QED) is 0.864. The molecule has 2 aromatic heterocycles. The van der Waals surface area contributed by atoms with Gasteiger partial charge in [0.2, 0.25) is 5.88 Å². The molecule has 0 unspecified atom stereocenters. The number of amides is 1. The van der Waals surface area contributed by atoms with E-state index in [2.05, 4.69) is 10.3 Å². The van der Waals surface area contributed by atoms with Crippen molar-refractivity contribution >= 4 is 17.1 Å². The van der Waals surface area contributed by atoms with E-state index in [1.807, 2.05) is 29.8 Å². The van der Waals surface area contributed by atoms with E-state index in [4.69, 9.17) is 9.84 Å². The van der Waals surface area contributed by atoms with Gasteiger partial charge in [0.25, 0.3) is 0 Å². The molecule has 0 spiro atoms. The molecule has 0 saturated carbocycles. The fourth-order valence-electron chi connectivity index (χ4n) is 1.88. The largest absolute Gasteiger partial charge is 0.481 e. The van der Waals surface area contributed by atoms with Gasteiger partial charge >= 0.3 is 6.09 Å². The van der Waals surface area contributed by atoms with E-state index in [0.29, 0.717) is 12.4 Å². The predicted molar refractivity (Wildman–Crippen MR) is 66.9 cm³/mol. The number of methoxy groups -OCH3 is 1. The van der Waals surface area contributed by atoms with Crippen LogP contribution in [0, 0.1) is 0 Å². The van der Waals surface area contributed by atoms with Crippen molar-refractivity contribution in [3.05, 3.63) is 24.4 Å². The SMILES string of the molecule is COc1ccc2c(ccn2C[C@@H](C)NC(=O)O)n1. The van der Waals surface area contributed by atoms with Crippen molar-refractivity contribution in [2.45, 2.75) is 19.5 Å².